The Bertz CT molecular complexity index is 602. The van der Waals surface area contributed by atoms with Gasteiger partial charge in [-0.25, -0.2) is 4.98 Å². The van der Waals surface area contributed by atoms with Crippen LogP contribution in [0.25, 0.3) is 0 Å². The molecule has 2 aromatic heterocycles. The number of aromatic hydroxyl groups is 1. The zero-order valence-corrected chi connectivity index (χ0v) is 10.3. The smallest absolute Gasteiger partial charge is 0.259 e. The normalized spacial score (nSPS) is 10.1. The fraction of sp³-hybridized carbons (Fsp3) is 0.0833. The third kappa shape index (κ3) is 2.57. The Morgan fingerprint density at radius 2 is 2.22 bits per heavy atom. The molecule has 0 aliphatic carbocycles. The summed E-state index contributed by atoms with van der Waals surface area (Å²) in [6.45, 7) is 1.79. The molecule has 0 saturated carbocycles. The molecule has 0 aliphatic rings. The van der Waals surface area contributed by atoms with E-state index in [4.69, 9.17) is 11.6 Å². The van der Waals surface area contributed by atoms with E-state index < -0.39 is 5.91 Å². The Hall–Kier alpha value is -2.14. The van der Waals surface area contributed by atoms with Crippen molar-refractivity contribution in [2.45, 2.75) is 6.92 Å². The van der Waals surface area contributed by atoms with Crippen molar-refractivity contribution in [2.24, 2.45) is 0 Å². The van der Waals surface area contributed by atoms with E-state index in [1.807, 2.05) is 0 Å². The predicted molar refractivity (Wildman–Crippen MR) is 67.8 cm³/mol. The zero-order chi connectivity index (χ0) is 13.1. The van der Waals surface area contributed by atoms with E-state index >= 15 is 0 Å². The summed E-state index contributed by atoms with van der Waals surface area (Å²) in [5.41, 5.74) is 1.42. The number of rotatable bonds is 2. The summed E-state index contributed by atoms with van der Waals surface area (Å²) >= 11 is 5.79. The van der Waals surface area contributed by atoms with Crippen molar-refractivity contribution in [3.63, 3.8) is 0 Å². The average Bonchev–Trinajstić information content (AvgIpc) is 2.34. The van der Waals surface area contributed by atoms with Gasteiger partial charge in [-0.1, -0.05) is 11.6 Å². The van der Waals surface area contributed by atoms with Gasteiger partial charge < -0.3 is 10.4 Å². The number of amides is 1. The van der Waals surface area contributed by atoms with Crippen LogP contribution in [0.2, 0.25) is 5.15 Å². The topological polar surface area (TPSA) is 75.1 Å². The van der Waals surface area contributed by atoms with E-state index in [0.29, 0.717) is 10.8 Å². The molecular weight excluding hydrogens is 254 g/mol. The van der Waals surface area contributed by atoms with Crippen LogP contribution in [0.5, 0.6) is 5.75 Å². The van der Waals surface area contributed by atoms with Crippen LogP contribution in [0.1, 0.15) is 15.9 Å². The quantitative estimate of drug-likeness (QED) is 0.816. The number of carbonyl (C=O) groups is 1. The average molecular weight is 264 g/mol. The predicted octanol–water partition coefficient (Wildman–Crippen LogP) is 2.40. The van der Waals surface area contributed by atoms with Crippen molar-refractivity contribution < 1.29 is 9.90 Å². The zero-order valence-electron chi connectivity index (χ0n) is 9.51. The number of pyridine rings is 2. The molecule has 0 saturated heterocycles. The van der Waals surface area contributed by atoms with Crippen LogP contribution in [-0.4, -0.2) is 21.0 Å². The van der Waals surface area contributed by atoms with Crippen LogP contribution in [-0.2, 0) is 0 Å². The second-order valence-electron chi connectivity index (χ2n) is 3.68. The number of hydrogen-bond donors (Lipinski definition) is 2. The lowest BCUT2D eigenvalue weighted by Gasteiger charge is -2.07. The summed E-state index contributed by atoms with van der Waals surface area (Å²) in [6, 6.07) is 3.13. The first kappa shape index (κ1) is 12.3. The number of nitrogens with zero attached hydrogens (tertiary/aromatic N) is 2. The molecule has 2 rings (SSSR count). The SMILES string of the molecule is Cc1cc(NC(=O)c2ccncc2O)cnc1Cl. The summed E-state index contributed by atoms with van der Waals surface area (Å²) in [6.07, 6.45) is 4.09. The molecule has 0 radical (unpaired) electrons. The van der Waals surface area contributed by atoms with Crippen molar-refractivity contribution in [3.8, 4) is 5.75 Å². The van der Waals surface area contributed by atoms with Crippen molar-refractivity contribution >= 4 is 23.2 Å². The molecule has 1 amide bonds. The standard InChI is InChI=1S/C12H10ClN3O2/c1-7-4-8(5-15-11(7)13)16-12(18)9-2-3-14-6-10(9)17/h2-6,17H,1H3,(H,16,18). The molecule has 0 aromatic carbocycles. The van der Waals surface area contributed by atoms with Gasteiger partial charge in [0.25, 0.3) is 5.91 Å². The fourth-order valence-corrected chi connectivity index (χ4v) is 1.51. The van der Waals surface area contributed by atoms with E-state index in [1.54, 1.807) is 13.0 Å². The molecule has 2 aromatic rings. The van der Waals surface area contributed by atoms with E-state index in [9.17, 15) is 9.90 Å². The molecule has 6 heteroatoms. The summed E-state index contributed by atoms with van der Waals surface area (Å²) < 4.78 is 0. The first-order valence-electron chi connectivity index (χ1n) is 5.14. The van der Waals surface area contributed by atoms with Crippen LogP contribution < -0.4 is 5.32 Å². The van der Waals surface area contributed by atoms with Gasteiger partial charge in [-0.15, -0.1) is 0 Å². The molecule has 0 aliphatic heterocycles. The van der Waals surface area contributed by atoms with Crippen molar-refractivity contribution in [3.05, 3.63) is 47.0 Å². The monoisotopic (exact) mass is 263 g/mol. The van der Waals surface area contributed by atoms with Crippen molar-refractivity contribution in [2.75, 3.05) is 5.32 Å². The highest BCUT2D eigenvalue weighted by atomic mass is 35.5. The Morgan fingerprint density at radius 3 is 2.89 bits per heavy atom. The van der Waals surface area contributed by atoms with Crippen LogP contribution in [0, 0.1) is 6.92 Å². The van der Waals surface area contributed by atoms with Gasteiger partial charge in [0.05, 0.1) is 23.6 Å². The molecule has 92 valence electrons. The van der Waals surface area contributed by atoms with Gasteiger partial charge in [0.2, 0.25) is 0 Å². The number of nitrogens with one attached hydrogen (secondary N) is 1. The van der Waals surface area contributed by atoms with Crippen LogP contribution >= 0.6 is 11.6 Å². The van der Waals surface area contributed by atoms with Gasteiger partial charge in [-0.3, -0.25) is 9.78 Å². The number of halogens is 1. The third-order valence-electron chi connectivity index (χ3n) is 2.32. The Morgan fingerprint density at radius 1 is 1.44 bits per heavy atom. The van der Waals surface area contributed by atoms with E-state index in [0.717, 1.165) is 5.56 Å². The largest absolute Gasteiger partial charge is 0.505 e. The van der Waals surface area contributed by atoms with Gasteiger partial charge in [0, 0.05) is 6.20 Å². The van der Waals surface area contributed by atoms with Crippen LogP contribution in [0.3, 0.4) is 0 Å². The number of carbonyl (C=O) groups excluding carboxylic acids is 1. The Labute approximate surface area is 108 Å². The Balaban J connectivity index is 2.22. The molecule has 0 atom stereocenters. The summed E-state index contributed by atoms with van der Waals surface area (Å²) in [5.74, 6) is -0.605. The number of hydrogen-bond acceptors (Lipinski definition) is 4. The summed E-state index contributed by atoms with van der Waals surface area (Å²) in [7, 11) is 0. The second-order valence-corrected chi connectivity index (χ2v) is 4.04. The number of aryl methyl sites for hydroxylation is 1. The molecule has 0 spiro atoms. The molecule has 5 nitrogen and oxygen atoms in total. The lowest BCUT2D eigenvalue weighted by atomic mass is 10.2. The summed E-state index contributed by atoms with van der Waals surface area (Å²) in [5, 5.41) is 12.5. The third-order valence-corrected chi connectivity index (χ3v) is 2.71. The molecule has 0 fully saturated rings. The van der Waals surface area contributed by atoms with Crippen LogP contribution in [0.4, 0.5) is 5.69 Å². The van der Waals surface area contributed by atoms with E-state index in [-0.39, 0.29) is 11.3 Å². The van der Waals surface area contributed by atoms with Gasteiger partial charge in [-0.05, 0) is 24.6 Å². The first-order valence-corrected chi connectivity index (χ1v) is 5.52. The highest BCUT2D eigenvalue weighted by Crippen LogP contribution is 2.19. The first-order chi connectivity index (χ1) is 8.58. The highest BCUT2D eigenvalue weighted by molar-refractivity contribution is 6.30. The summed E-state index contributed by atoms with van der Waals surface area (Å²) in [4.78, 5) is 19.5. The number of aromatic nitrogens is 2. The molecule has 0 unspecified atom stereocenters. The second kappa shape index (κ2) is 5.01. The van der Waals surface area contributed by atoms with Crippen molar-refractivity contribution in [1.82, 2.24) is 9.97 Å². The van der Waals surface area contributed by atoms with Gasteiger partial charge >= 0.3 is 0 Å². The van der Waals surface area contributed by atoms with Gasteiger partial charge in [0.15, 0.2) is 0 Å². The highest BCUT2D eigenvalue weighted by Gasteiger charge is 2.11. The van der Waals surface area contributed by atoms with Crippen molar-refractivity contribution in [1.29, 1.82) is 0 Å². The maximum absolute atomic E-state index is 11.9. The lowest BCUT2D eigenvalue weighted by molar-refractivity contribution is 0.102. The molecule has 2 heterocycles. The molecule has 0 bridgehead atoms. The fourth-order valence-electron chi connectivity index (χ4n) is 1.40. The minimum Gasteiger partial charge on any atom is -0.505 e. The molecular formula is C12H10ClN3O2. The molecule has 2 N–H and O–H groups in total. The minimum absolute atomic E-state index is 0.151. The number of anilines is 1. The molecule has 18 heavy (non-hydrogen) atoms. The Kier molecular flexibility index (Phi) is 3.43. The van der Waals surface area contributed by atoms with E-state index in [1.165, 1.54) is 24.7 Å². The minimum atomic E-state index is -0.432. The van der Waals surface area contributed by atoms with Gasteiger partial charge in [-0.2, -0.15) is 0 Å². The maximum Gasteiger partial charge on any atom is 0.259 e. The van der Waals surface area contributed by atoms with Crippen LogP contribution in [0.15, 0.2) is 30.7 Å². The maximum atomic E-state index is 11.9. The van der Waals surface area contributed by atoms with Gasteiger partial charge in [0.1, 0.15) is 10.9 Å². The lowest BCUT2D eigenvalue weighted by Crippen LogP contribution is -2.12. The van der Waals surface area contributed by atoms with E-state index in [2.05, 4.69) is 15.3 Å².